The summed E-state index contributed by atoms with van der Waals surface area (Å²) in [5, 5.41) is 13.5. The fourth-order valence-corrected chi connectivity index (χ4v) is 4.29. The van der Waals surface area contributed by atoms with Crippen molar-refractivity contribution in [1.29, 1.82) is 0 Å². The Hall–Kier alpha value is -0.910. The lowest BCUT2D eigenvalue weighted by molar-refractivity contribution is -0.0157. The van der Waals surface area contributed by atoms with Crippen LogP contribution < -0.4 is 0 Å². The number of likely N-dealkylation sites (tertiary alicyclic amines) is 1. The van der Waals surface area contributed by atoms with Gasteiger partial charge in [-0.1, -0.05) is 19.8 Å². The van der Waals surface area contributed by atoms with Gasteiger partial charge in [0.2, 0.25) is 0 Å². The summed E-state index contributed by atoms with van der Waals surface area (Å²) < 4.78 is 8.13. The molecule has 2 aliphatic rings. The molecule has 136 valence electrons. The van der Waals surface area contributed by atoms with Gasteiger partial charge in [-0.05, 0) is 50.8 Å². The predicted molar refractivity (Wildman–Crippen MR) is 95.1 cm³/mol. The molecule has 0 aromatic carbocycles. The van der Waals surface area contributed by atoms with Crippen LogP contribution in [0.25, 0.3) is 0 Å². The van der Waals surface area contributed by atoms with E-state index < -0.39 is 0 Å². The Bertz CT molecular complexity index is 483. The van der Waals surface area contributed by atoms with E-state index in [-0.39, 0.29) is 6.61 Å². The van der Waals surface area contributed by atoms with Crippen molar-refractivity contribution in [3.8, 4) is 0 Å². The van der Waals surface area contributed by atoms with Gasteiger partial charge in [0.1, 0.15) is 0 Å². The predicted octanol–water partition coefficient (Wildman–Crippen LogP) is 2.65. The van der Waals surface area contributed by atoms with E-state index in [9.17, 15) is 0 Å². The molecule has 24 heavy (non-hydrogen) atoms. The van der Waals surface area contributed by atoms with Crippen molar-refractivity contribution in [3.63, 3.8) is 0 Å². The van der Waals surface area contributed by atoms with E-state index in [2.05, 4.69) is 23.0 Å². The van der Waals surface area contributed by atoms with Gasteiger partial charge < -0.3 is 14.7 Å². The minimum Gasteiger partial charge on any atom is -0.394 e. The molecule has 1 saturated carbocycles. The third-order valence-corrected chi connectivity index (χ3v) is 5.84. The maximum Gasteiger partial charge on any atom is 0.0644 e. The maximum atomic E-state index is 9.14. The molecule has 1 aliphatic heterocycles. The topological polar surface area (TPSA) is 50.5 Å². The van der Waals surface area contributed by atoms with Gasteiger partial charge in [-0.15, -0.1) is 0 Å². The normalized spacial score (nSPS) is 26.8. The van der Waals surface area contributed by atoms with E-state index in [1.807, 2.05) is 10.9 Å². The monoisotopic (exact) mass is 335 g/mol. The number of aliphatic hydroxyl groups is 1. The summed E-state index contributed by atoms with van der Waals surface area (Å²) >= 11 is 0. The number of rotatable bonds is 7. The number of hydrogen-bond donors (Lipinski definition) is 1. The Morgan fingerprint density at radius 1 is 1.17 bits per heavy atom. The van der Waals surface area contributed by atoms with E-state index in [1.54, 1.807) is 0 Å². The number of nitrogens with zero attached hydrogens (tertiary/aromatic N) is 3. The van der Waals surface area contributed by atoms with Crippen LogP contribution in [-0.4, -0.2) is 58.7 Å². The highest BCUT2D eigenvalue weighted by molar-refractivity contribution is 5.09. The molecule has 5 nitrogen and oxygen atoms in total. The average Bonchev–Trinajstić information content (AvgIpc) is 3.06. The molecule has 2 heterocycles. The molecule has 2 fully saturated rings. The molecule has 0 unspecified atom stereocenters. The summed E-state index contributed by atoms with van der Waals surface area (Å²) in [7, 11) is 0. The van der Waals surface area contributed by atoms with Crippen LogP contribution in [0.2, 0.25) is 0 Å². The van der Waals surface area contributed by atoms with E-state index in [0.29, 0.717) is 18.6 Å². The number of hydrogen-bond acceptors (Lipinski definition) is 4. The third kappa shape index (κ3) is 4.58. The lowest BCUT2D eigenvalue weighted by Crippen LogP contribution is -2.37. The molecule has 0 spiro atoms. The third-order valence-electron chi connectivity index (χ3n) is 5.84. The Balaban J connectivity index is 1.38. The first-order chi connectivity index (χ1) is 11.8. The molecular weight excluding hydrogens is 302 g/mol. The van der Waals surface area contributed by atoms with Gasteiger partial charge in [-0.3, -0.25) is 4.68 Å². The van der Waals surface area contributed by atoms with Gasteiger partial charge in [-0.2, -0.15) is 5.10 Å². The molecule has 3 rings (SSSR count). The van der Waals surface area contributed by atoms with Crippen LogP contribution in [-0.2, 0) is 11.3 Å². The zero-order valence-corrected chi connectivity index (χ0v) is 15.1. The smallest absolute Gasteiger partial charge is 0.0644 e. The van der Waals surface area contributed by atoms with Gasteiger partial charge in [0.15, 0.2) is 0 Å². The zero-order chi connectivity index (χ0) is 16.8. The van der Waals surface area contributed by atoms with Gasteiger partial charge in [0, 0.05) is 24.4 Å². The average molecular weight is 335 g/mol. The summed E-state index contributed by atoms with van der Waals surface area (Å²) in [6.07, 6.45) is 9.99. The SMILES string of the molecule is C[C@H]1CCCC[C@H]1OCCN1CCC(c2ccnn2CCO)CC1. The molecule has 0 radical (unpaired) electrons. The summed E-state index contributed by atoms with van der Waals surface area (Å²) in [6, 6.07) is 2.11. The number of piperidine rings is 1. The van der Waals surface area contributed by atoms with Gasteiger partial charge in [-0.25, -0.2) is 0 Å². The highest BCUT2D eigenvalue weighted by atomic mass is 16.5. The van der Waals surface area contributed by atoms with Gasteiger partial charge >= 0.3 is 0 Å². The van der Waals surface area contributed by atoms with E-state index in [1.165, 1.54) is 44.2 Å². The summed E-state index contributed by atoms with van der Waals surface area (Å²) in [4.78, 5) is 2.54. The van der Waals surface area contributed by atoms with Crippen molar-refractivity contribution in [2.75, 3.05) is 32.8 Å². The van der Waals surface area contributed by atoms with Crippen LogP contribution in [0.15, 0.2) is 12.3 Å². The standard InChI is InChI=1S/C19H33N3O2/c1-16-4-2-3-5-19(16)24-15-13-21-10-7-17(8-11-21)18-6-9-20-22(18)12-14-23/h6,9,16-17,19,23H,2-5,7-8,10-15H2,1H3/t16-,19+/m0/s1. The number of aliphatic hydroxyl groups excluding tert-OH is 1. The largest absolute Gasteiger partial charge is 0.394 e. The minimum atomic E-state index is 0.157. The second-order valence-corrected chi connectivity index (χ2v) is 7.49. The van der Waals surface area contributed by atoms with Gasteiger partial charge in [0.05, 0.1) is 25.9 Å². The molecule has 5 heteroatoms. The van der Waals surface area contributed by atoms with Crippen molar-refractivity contribution >= 4 is 0 Å². The van der Waals surface area contributed by atoms with E-state index in [0.717, 1.165) is 32.2 Å². The molecule has 0 amide bonds. The van der Waals surface area contributed by atoms with Crippen molar-refractivity contribution < 1.29 is 9.84 Å². The lowest BCUT2D eigenvalue weighted by atomic mass is 9.88. The first kappa shape index (κ1) is 17.9. The minimum absolute atomic E-state index is 0.157. The quantitative estimate of drug-likeness (QED) is 0.832. The van der Waals surface area contributed by atoms with Crippen molar-refractivity contribution in [2.45, 2.75) is 64.0 Å². The summed E-state index contributed by atoms with van der Waals surface area (Å²) in [5.74, 6) is 1.31. The Labute approximate surface area is 146 Å². The molecule has 1 aromatic rings. The lowest BCUT2D eigenvalue weighted by Gasteiger charge is -2.33. The molecule has 1 saturated heterocycles. The van der Waals surface area contributed by atoms with Crippen LogP contribution in [0.5, 0.6) is 0 Å². The van der Waals surface area contributed by atoms with Crippen LogP contribution in [0, 0.1) is 5.92 Å². The Morgan fingerprint density at radius 2 is 1.96 bits per heavy atom. The number of ether oxygens (including phenoxy) is 1. The zero-order valence-electron chi connectivity index (χ0n) is 15.1. The van der Waals surface area contributed by atoms with Crippen molar-refractivity contribution in [2.24, 2.45) is 5.92 Å². The second-order valence-electron chi connectivity index (χ2n) is 7.49. The van der Waals surface area contributed by atoms with E-state index in [4.69, 9.17) is 9.84 Å². The molecule has 1 N–H and O–H groups in total. The first-order valence-corrected chi connectivity index (χ1v) is 9.74. The molecular formula is C19H33N3O2. The summed E-state index contributed by atoms with van der Waals surface area (Å²) in [6.45, 7) is 7.32. The van der Waals surface area contributed by atoms with Crippen LogP contribution in [0.3, 0.4) is 0 Å². The van der Waals surface area contributed by atoms with Crippen LogP contribution >= 0.6 is 0 Å². The fraction of sp³-hybridized carbons (Fsp3) is 0.842. The van der Waals surface area contributed by atoms with Crippen molar-refractivity contribution in [1.82, 2.24) is 14.7 Å². The van der Waals surface area contributed by atoms with Crippen molar-refractivity contribution in [3.05, 3.63) is 18.0 Å². The highest BCUT2D eigenvalue weighted by Crippen LogP contribution is 2.28. The highest BCUT2D eigenvalue weighted by Gasteiger charge is 2.24. The second kappa shape index (κ2) is 8.97. The molecule has 1 aromatic heterocycles. The summed E-state index contributed by atoms with van der Waals surface area (Å²) in [5.41, 5.74) is 1.29. The van der Waals surface area contributed by atoms with Crippen LogP contribution in [0.1, 0.15) is 57.1 Å². The van der Waals surface area contributed by atoms with Gasteiger partial charge in [0.25, 0.3) is 0 Å². The Kier molecular flexibility index (Phi) is 6.69. The first-order valence-electron chi connectivity index (χ1n) is 9.74. The molecule has 2 atom stereocenters. The number of aromatic nitrogens is 2. The molecule has 0 bridgehead atoms. The fourth-order valence-electron chi connectivity index (χ4n) is 4.29. The van der Waals surface area contributed by atoms with Crippen LogP contribution in [0.4, 0.5) is 0 Å². The maximum absolute atomic E-state index is 9.14. The molecule has 1 aliphatic carbocycles. The van der Waals surface area contributed by atoms with E-state index >= 15 is 0 Å². The Morgan fingerprint density at radius 3 is 2.71 bits per heavy atom.